The van der Waals surface area contributed by atoms with E-state index < -0.39 is 6.04 Å². The van der Waals surface area contributed by atoms with Crippen molar-refractivity contribution in [2.45, 2.75) is 32.4 Å². The number of fused-ring (bicyclic) bond motifs is 2. The molecule has 0 spiro atoms. The summed E-state index contributed by atoms with van der Waals surface area (Å²) in [6.45, 7) is 3.79. The van der Waals surface area contributed by atoms with Crippen LogP contribution in [0.2, 0.25) is 5.02 Å². The van der Waals surface area contributed by atoms with E-state index in [1.54, 1.807) is 42.5 Å². The summed E-state index contributed by atoms with van der Waals surface area (Å²) in [5.41, 5.74) is 4.55. The molecule has 1 aliphatic rings. The normalized spacial score (nSPS) is 13.4. The largest absolute Gasteiger partial charge is 0.489 e. The monoisotopic (exact) mass is 670 g/mol. The minimum absolute atomic E-state index is 0.00256. The van der Waals surface area contributed by atoms with Crippen molar-refractivity contribution in [1.82, 2.24) is 19.6 Å². The maximum Gasteiger partial charge on any atom is 0.261 e. The third kappa shape index (κ3) is 5.98. The van der Waals surface area contributed by atoms with Gasteiger partial charge in [-0.1, -0.05) is 48.0 Å². The summed E-state index contributed by atoms with van der Waals surface area (Å²) in [5, 5.41) is 3.35. The summed E-state index contributed by atoms with van der Waals surface area (Å²) in [6, 6.07) is 22.8. The zero-order chi connectivity index (χ0) is 31.0. The van der Waals surface area contributed by atoms with E-state index in [-0.39, 0.29) is 30.4 Å². The number of imide groups is 1. The van der Waals surface area contributed by atoms with Crippen LogP contribution in [0.4, 0.5) is 0 Å². The van der Waals surface area contributed by atoms with Crippen LogP contribution in [0.1, 0.15) is 50.5 Å². The van der Waals surface area contributed by atoms with E-state index in [1.807, 2.05) is 67.0 Å². The number of carbonyl (C=O) groups is 3. The molecule has 0 saturated carbocycles. The molecule has 222 valence electrons. The molecule has 0 fully saturated rings. The fourth-order valence-corrected chi connectivity index (χ4v) is 5.93. The Balaban J connectivity index is 1.24. The first-order valence-corrected chi connectivity index (χ1v) is 15.3. The van der Waals surface area contributed by atoms with E-state index in [2.05, 4.69) is 21.2 Å². The lowest BCUT2D eigenvalue weighted by Crippen LogP contribution is -2.47. The van der Waals surface area contributed by atoms with Crippen LogP contribution in [0.25, 0.3) is 16.9 Å². The Kier molecular flexibility index (Phi) is 8.25. The highest BCUT2D eigenvalue weighted by atomic mass is 79.9. The molecule has 3 aromatic carbocycles. The predicted octanol–water partition coefficient (Wildman–Crippen LogP) is 6.84. The highest BCUT2D eigenvalue weighted by Gasteiger charge is 2.36. The number of ether oxygens (including phenoxy) is 1. The van der Waals surface area contributed by atoms with E-state index >= 15 is 0 Å². The van der Waals surface area contributed by atoms with Gasteiger partial charge in [-0.25, -0.2) is 4.98 Å². The number of amides is 3. The van der Waals surface area contributed by atoms with Crippen molar-refractivity contribution in [3.63, 3.8) is 0 Å². The van der Waals surface area contributed by atoms with Crippen LogP contribution in [0.15, 0.2) is 95.7 Å². The molecule has 44 heavy (non-hydrogen) atoms. The highest BCUT2D eigenvalue weighted by Crippen LogP contribution is 2.28. The number of carbonyl (C=O) groups excluding carboxylic acids is 3. The molecule has 8 nitrogen and oxygen atoms in total. The van der Waals surface area contributed by atoms with E-state index in [1.165, 1.54) is 4.90 Å². The fraction of sp³-hybridized carbons (Fsp3) is 0.176. The fourth-order valence-electron chi connectivity index (χ4n) is 5.26. The molecule has 0 unspecified atom stereocenters. The van der Waals surface area contributed by atoms with Gasteiger partial charge in [-0.15, -0.1) is 0 Å². The summed E-state index contributed by atoms with van der Waals surface area (Å²) in [5.74, 6) is -0.650. The lowest BCUT2D eigenvalue weighted by Gasteiger charge is -2.24. The summed E-state index contributed by atoms with van der Waals surface area (Å²) in [7, 11) is 0. The van der Waals surface area contributed by atoms with Crippen molar-refractivity contribution in [1.29, 1.82) is 0 Å². The van der Waals surface area contributed by atoms with Crippen molar-refractivity contribution in [2.24, 2.45) is 0 Å². The molecule has 0 aliphatic carbocycles. The van der Waals surface area contributed by atoms with Gasteiger partial charge in [0.05, 0.1) is 38.5 Å². The number of imidazole rings is 1. The number of aromatic nitrogens is 2. The van der Waals surface area contributed by atoms with Gasteiger partial charge in [0.25, 0.3) is 17.7 Å². The molecule has 2 aromatic heterocycles. The third-order valence-electron chi connectivity index (χ3n) is 7.34. The Morgan fingerprint density at radius 2 is 1.68 bits per heavy atom. The van der Waals surface area contributed by atoms with Gasteiger partial charge in [-0.2, -0.15) is 0 Å². The molecule has 0 saturated heterocycles. The number of nitrogens with zero attached hydrogens (tertiary/aromatic N) is 3. The number of halogens is 2. The van der Waals surface area contributed by atoms with Gasteiger partial charge in [0.15, 0.2) is 5.65 Å². The average Bonchev–Trinajstić information content (AvgIpc) is 3.55. The number of hydrogen-bond donors (Lipinski definition) is 1. The summed E-state index contributed by atoms with van der Waals surface area (Å²) < 4.78 is 8.55. The maximum absolute atomic E-state index is 13.4. The summed E-state index contributed by atoms with van der Waals surface area (Å²) >= 11 is 9.94. The first-order chi connectivity index (χ1) is 21.2. The molecule has 1 atom stereocenters. The van der Waals surface area contributed by atoms with E-state index in [9.17, 15) is 14.4 Å². The summed E-state index contributed by atoms with van der Waals surface area (Å²) in [4.78, 5) is 45.7. The lowest BCUT2D eigenvalue weighted by molar-refractivity contribution is 0.0628. The zero-order valence-corrected chi connectivity index (χ0v) is 26.3. The van der Waals surface area contributed by atoms with Crippen molar-refractivity contribution in [2.75, 3.05) is 6.54 Å². The number of hydrogen-bond acceptors (Lipinski definition) is 5. The van der Waals surface area contributed by atoms with Gasteiger partial charge in [0.1, 0.15) is 5.75 Å². The van der Waals surface area contributed by atoms with Crippen molar-refractivity contribution in [3.05, 3.63) is 123 Å². The first kappa shape index (κ1) is 29.6. The Morgan fingerprint density at radius 1 is 0.977 bits per heavy atom. The van der Waals surface area contributed by atoms with E-state index in [0.717, 1.165) is 26.9 Å². The molecule has 1 aliphatic heterocycles. The molecule has 3 amide bonds. The number of benzene rings is 3. The number of rotatable bonds is 9. The van der Waals surface area contributed by atoms with Gasteiger partial charge in [0, 0.05) is 30.1 Å². The molecule has 6 rings (SSSR count). The van der Waals surface area contributed by atoms with Crippen LogP contribution in [0.3, 0.4) is 0 Å². The van der Waals surface area contributed by atoms with Crippen LogP contribution >= 0.6 is 27.5 Å². The molecule has 1 N–H and O–H groups in total. The molecule has 0 bridgehead atoms. The van der Waals surface area contributed by atoms with Crippen LogP contribution in [-0.2, 0) is 6.42 Å². The zero-order valence-electron chi connectivity index (χ0n) is 24.0. The minimum atomic E-state index is -0.577. The average molecular weight is 672 g/mol. The quantitative estimate of drug-likeness (QED) is 0.173. The Morgan fingerprint density at radius 3 is 2.32 bits per heavy atom. The van der Waals surface area contributed by atoms with Crippen molar-refractivity contribution >= 4 is 50.9 Å². The van der Waals surface area contributed by atoms with Crippen LogP contribution in [0.5, 0.6) is 5.75 Å². The Bertz CT molecular complexity index is 1870. The summed E-state index contributed by atoms with van der Waals surface area (Å²) in [6.07, 6.45) is 4.20. The minimum Gasteiger partial charge on any atom is -0.489 e. The van der Waals surface area contributed by atoms with Crippen molar-refractivity contribution < 1.29 is 19.1 Å². The third-order valence-corrected chi connectivity index (χ3v) is 8.25. The van der Waals surface area contributed by atoms with Gasteiger partial charge >= 0.3 is 0 Å². The van der Waals surface area contributed by atoms with Crippen LogP contribution in [0, 0.1) is 0 Å². The van der Waals surface area contributed by atoms with Gasteiger partial charge < -0.3 is 14.5 Å². The second kappa shape index (κ2) is 12.3. The van der Waals surface area contributed by atoms with Crippen molar-refractivity contribution in [3.8, 4) is 17.0 Å². The van der Waals surface area contributed by atoms with E-state index in [4.69, 9.17) is 21.3 Å². The Hall–Kier alpha value is -4.47. The molecule has 10 heteroatoms. The second-order valence-corrected chi connectivity index (χ2v) is 12.1. The standard InChI is InChI=1S/C34H28BrClN4O4/c1-20(2)44-30-14-13-23(17-28(30)36)32(41)37-24(18-40-33(42)25-6-3-4-7-26(25)34(40)43)16-21-9-11-22(12-10-21)29-19-39-15-5-8-27(35)31(39)38-29/h3-15,17,19-20,24H,16,18H2,1-2H3,(H,37,41)/t24-/m0/s1. The number of pyridine rings is 1. The van der Waals surface area contributed by atoms with Gasteiger partial charge in [0.2, 0.25) is 0 Å². The molecule has 0 radical (unpaired) electrons. The van der Waals surface area contributed by atoms with E-state index in [0.29, 0.717) is 33.9 Å². The van der Waals surface area contributed by atoms with Crippen LogP contribution in [-0.4, -0.2) is 50.7 Å². The second-order valence-electron chi connectivity index (χ2n) is 10.9. The highest BCUT2D eigenvalue weighted by molar-refractivity contribution is 9.10. The molecule has 5 aromatic rings. The Labute approximate surface area is 267 Å². The molecular formula is C34H28BrClN4O4. The maximum atomic E-state index is 13.4. The predicted molar refractivity (Wildman–Crippen MR) is 172 cm³/mol. The molecule has 3 heterocycles. The number of nitrogens with one attached hydrogen (secondary N) is 1. The smallest absolute Gasteiger partial charge is 0.261 e. The van der Waals surface area contributed by atoms with Gasteiger partial charge in [-0.3, -0.25) is 19.3 Å². The first-order valence-electron chi connectivity index (χ1n) is 14.1. The van der Waals surface area contributed by atoms with Gasteiger partial charge in [-0.05, 0) is 84.2 Å². The SMILES string of the molecule is CC(C)Oc1ccc(C(=O)N[C@@H](Cc2ccc(-c3cn4cccc(Br)c4n3)cc2)CN2C(=O)c3ccccc3C2=O)cc1Cl. The topological polar surface area (TPSA) is 93.0 Å². The lowest BCUT2D eigenvalue weighted by atomic mass is 10.0. The molecular weight excluding hydrogens is 644 g/mol. The van der Waals surface area contributed by atoms with Crippen LogP contribution < -0.4 is 10.1 Å².